The van der Waals surface area contributed by atoms with Crippen molar-refractivity contribution in [3.05, 3.63) is 29.3 Å². The van der Waals surface area contributed by atoms with Crippen molar-refractivity contribution >= 4 is 5.69 Å². The van der Waals surface area contributed by atoms with E-state index in [1.807, 2.05) is 0 Å². The van der Waals surface area contributed by atoms with Gasteiger partial charge in [-0.2, -0.15) is 0 Å². The van der Waals surface area contributed by atoms with Crippen molar-refractivity contribution in [1.82, 2.24) is 5.32 Å². The second-order valence-corrected chi connectivity index (χ2v) is 7.14. The summed E-state index contributed by atoms with van der Waals surface area (Å²) in [4.78, 5) is 2.61. The van der Waals surface area contributed by atoms with Crippen LogP contribution in [0.25, 0.3) is 0 Å². The number of rotatable bonds is 1. The summed E-state index contributed by atoms with van der Waals surface area (Å²) in [6, 6.07) is 6.86. The second-order valence-electron chi connectivity index (χ2n) is 7.14. The quantitative estimate of drug-likeness (QED) is 0.832. The highest BCUT2D eigenvalue weighted by molar-refractivity contribution is 5.58. The van der Waals surface area contributed by atoms with Crippen LogP contribution in [0.4, 0.5) is 5.69 Å². The van der Waals surface area contributed by atoms with Gasteiger partial charge in [0.25, 0.3) is 0 Å². The molecular formula is C17H26N2. The van der Waals surface area contributed by atoms with Crippen LogP contribution in [0.1, 0.15) is 38.3 Å². The highest BCUT2D eigenvalue weighted by Crippen LogP contribution is 2.37. The van der Waals surface area contributed by atoms with Gasteiger partial charge in [0.05, 0.1) is 0 Å². The Morgan fingerprint density at radius 1 is 1.26 bits per heavy atom. The summed E-state index contributed by atoms with van der Waals surface area (Å²) in [5, 5.41) is 3.52. The van der Waals surface area contributed by atoms with Crippen LogP contribution in [0.3, 0.4) is 0 Å². The molecule has 2 nitrogen and oxygen atoms in total. The van der Waals surface area contributed by atoms with Crippen LogP contribution in [-0.4, -0.2) is 19.6 Å². The van der Waals surface area contributed by atoms with Crippen molar-refractivity contribution in [1.29, 1.82) is 0 Å². The van der Waals surface area contributed by atoms with Gasteiger partial charge in [-0.05, 0) is 47.9 Å². The topological polar surface area (TPSA) is 15.3 Å². The molecular weight excluding hydrogens is 232 g/mol. The smallest absolute Gasteiger partial charge is 0.0414 e. The van der Waals surface area contributed by atoms with Gasteiger partial charge in [0.15, 0.2) is 0 Å². The first kappa shape index (κ1) is 13.0. The molecule has 0 bridgehead atoms. The Kier molecular flexibility index (Phi) is 3.30. The first-order chi connectivity index (χ1) is 9.05. The molecule has 0 radical (unpaired) electrons. The van der Waals surface area contributed by atoms with E-state index in [-0.39, 0.29) is 0 Å². The van der Waals surface area contributed by atoms with E-state index in [9.17, 15) is 0 Å². The van der Waals surface area contributed by atoms with Gasteiger partial charge in [-0.25, -0.2) is 0 Å². The standard InChI is InChI=1S/C17H26N2/c1-17(2,3)14-8-10-19(12-14)16-6-4-5-13-7-9-18-11-15(13)16/h4-6,14,18H,7-12H2,1-3H3. The number of fused-ring (bicyclic) bond motifs is 1. The summed E-state index contributed by atoms with van der Waals surface area (Å²) in [5.41, 5.74) is 5.01. The van der Waals surface area contributed by atoms with Gasteiger partial charge in [0, 0.05) is 25.3 Å². The molecule has 2 aliphatic rings. The van der Waals surface area contributed by atoms with Crippen LogP contribution >= 0.6 is 0 Å². The lowest BCUT2D eigenvalue weighted by atomic mass is 9.80. The molecule has 0 spiro atoms. The van der Waals surface area contributed by atoms with Gasteiger partial charge in [-0.3, -0.25) is 0 Å². The van der Waals surface area contributed by atoms with Gasteiger partial charge in [-0.1, -0.05) is 32.9 Å². The third-order valence-electron chi connectivity index (χ3n) is 4.87. The largest absolute Gasteiger partial charge is 0.371 e. The van der Waals surface area contributed by atoms with Crippen LogP contribution in [0.5, 0.6) is 0 Å². The molecule has 1 atom stereocenters. The summed E-state index contributed by atoms with van der Waals surface area (Å²) >= 11 is 0. The van der Waals surface area contributed by atoms with Crippen LogP contribution in [0, 0.1) is 11.3 Å². The normalized spacial score (nSPS) is 23.5. The van der Waals surface area contributed by atoms with E-state index in [2.05, 4.69) is 49.2 Å². The maximum Gasteiger partial charge on any atom is 0.0414 e. The number of hydrogen-bond donors (Lipinski definition) is 1. The number of nitrogens with zero attached hydrogens (tertiary/aromatic N) is 1. The predicted molar refractivity (Wildman–Crippen MR) is 81.6 cm³/mol. The molecule has 1 N–H and O–H groups in total. The minimum absolute atomic E-state index is 0.432. The number of anilines is 1. The van der Waals surface area contributed by atoms with Gasteiger partial charge in [0.1, 0.15) is 0 Å². The molecule has 2 aliphatic heterocycles. The van der Waals surface area contributed by atoms with Crippen molar-refractivity contribution < 1.29 is 0 Å². The van der Waals surface area contributed by atoms with Gasteiger partial charge < -0.3 is 10.2 Å². The van der Waals surface area contributed by atoms with Gasteiger partial charge in [0.2, 0.25) is 0 Å². The summed E-state index contributed by atoms with van der Waals surface area (Å²) in [5.74, 6) is 0.819. The third kappa shape index (κ3) is 2.51. The zero-order valence-electron chi connectivity index (χ0n) is 12.5. The van der Waals surface area contributed by atoms with E-state index in [0.717, 1.165) is 19.0 Å². The highest BCUT2D eigenvalue weighted by atomic mass is 15.2. The molecule has 0 aliphatic carbocycles. The van der Waals surface area contributed by atoms with Crippen LogP contribution in [-0.2, 0) is 13.0 Å². The van der Waals surface area contributed by atoms with E-state index < -0.39 is 0 Å². The van der Waals surface area contributed by atoms with E-state index in [1.54, 1.807) is 11.1 Å². The Morgan fingerprint density at radius 2 is 2.11 bits per heavy atom. The predicted octanol–water partition coefficient (Wildman–Crippen LogP) is 3.20. The number of benzene rings is 1. The lowest BCUT2D eigenvalue weighted by Gasteiger charge is -2.29. The first-order valence-corrected chi connectivity index (χ1v) is 7.62. The molecule has 19 heavy (non-hydrogen) atoms. The molecule has 1 aromatic carbocycles. The Balaban J connectivity index is 1.84. The fraction of sp³-hybridized carbons (Fsp3) is 0.647. The van der Waals surface area contributed by atoms with Crippen molar-refractivity contribution in [2.45, 2.75) is 40.2 Å². The number of nitrogens with one attached hydrogen (secondary N) is 1. The molecule has 0 aromatic heterocycles. The Bertz CT molecular complexity index is 459. The zero-order chi connectivity index (χ0) is 13.5. The fourth-order valence-electron chi connectivity index (χ4n) is 3.48. The molecule has 2 heteroatoms. The van der Waals surface area contributed by atoms with Crippen LogP contribution in [0.2, 0.25) is 0 Å². The molecule has 1 fully saturated rings. The zero-order valence-corrected chi connectivity index (χ0v) is 12.5. The third-order valence-corrected chi connectivity index (χ3v) is 4.87. The van der Waals surface area contributed by atoms with Crippen molar-refractivity contribution in [3.63, 3.8) is 0 Å². The Hall–Kier alpha value is -1.02. The van der Waals surface area contributed by atoms with E-state index in [0.29, 0.717) is 5.41 Å². The van der Waals surface area contributed by atoms with E-state index in [1.165, 1.54) is 31.6 Å². The number of hydrogen-bond acceptors (Lipinski definition) is 2. The highest BCUT2D eigenvalue weighted by Gasteiger charge is 2.32. The summed E-state index contributed by atoms with van der Waals surface area (Å²) < 4.78 is 0. The monoisotopic (exact) mass is 258 g/mol. The maximum absolute atomic E-state index is 3.52. The van der Waals surface area contributed by atoms with Gasteiger partial charge >= 0.3 is 0 Å². The van der Waals surface area contributed by atoms with E-state index >= 15 is 0 Å². The molecule has 1 aromatic rings. The summed E-state index contributed by atoms with van der Waals surface area (Å²) in [6.45, 7) is 11.7. The van der Waals surface area contributed by atoms with Gasteiger partial charge in [-0.15, -0.1) is 0 Å². The SMILES string of the molecule is CC(C)(C)C1CCN(c2cccc3c2CNCC3)C1. The molecule has 1 saturated heterocycles. The average Bonchev–Trinajstić information content (AvgIpc) is 2.87. The first-order valence-electron chi connectivity index (χ1n) is 7.62. The van der Waals surface area contributed by atoms with Crippen molar-refractivity contribution in [2.75, 3.05) is 24.5 Å². The lowest BCUT2D eigenvalue weighted by Crippen LogP contribution is -2.29. The molecule has 3 rings (SSSR count). The van der Waals surface area contributed by atoms with Crippen molar-refractivity contribution in [2.24, 2.45) is 11.3 Å². The van der Waals surface area contributed by atoms with Crippen LogP contribution < -0.4 is 10.2 Å². The molecule has 0 amide bonds. The molecule has 1 unspecified atom stereocenters. The Morgan fingerprint density at radius 3 is 2.84 bits per heavy atom. The summed E-state index contributed by atoms with van der Waals surface area (Å²) in [6.07, 6.45) is 2.51. The minimum atomic E-state index is 0.432. The average molecular weight is 258 g/mol. The second kappa shape index (κ2) is 4.82. The van der Waals surface area contributed by atoms with Crippen LogP contribution in [0.15, 0.2) is 18.2 Å². The lowest BCUT2D eigenvalue weighted by molar-refractivity contribution is 0.263. The fourth-order valence-corrected chi connectivity index (χ4v) is 3.48. The maximum atomic E-state index is 3.52. The molecule has 104 valence electrons. The Labute approximate surface area is 117 Å². The molecule has 2 heterocycles. The minimum Gasteiger partial charge on any atom is -0.371 e. The molecule has 0 saturated carbocycles. The van der Waals surface area contributed by atoms with Crippen molar-refractivity contribution in [3.8, 4) is 0 Å². The summed E-state index contributed by atoms with van der Waals surface area (Å²) in [7, 11) is 0. The van der Waals surface area contributed by atoms with E-state index in [4.69, 9.17) is 0 Å².